The summed E-state index contributed by atoms with van der Waals surface area (Å²) in [5, 5.41) is 2.78. The first-order chi connectivity index (χ1) is 22.6. The largest absolute Gasteiger partial charge is 0.491 e. The maximum Gasteiger partial charge on any atom is 0.164 e. The molecular formula is C40H48O6. The molecular weight excluding hydrogens is 576 g/mol. The number of benzene rings is 2. The first-order valence-corrected chi connectivity index (χ1v) is 18.3. The summed E-state index contributed by atoms with van der Waals surface area (Å²) in [6.07, 6.45) is 20.0. The lowest BCUT2D eigenvalue weighted by molar-refractivity contribution is -0.00723. The van der Waals surface area contributed by atoms with Gasteiger partial charge in [-0.2, -0.15) is 0 Å². The lowest BCUT2D eigenvalue weighted by Crippen LogP contribution is -2.49. The number of hydrogen-bond acceptors (Lipinski definition) is 6. The van der Waals surface area contributed by atoms with Crippen LogP contribution in [0.2, 0.25) is 0 Å². The third-order valence-corrected chi connectivity index (χ3v) is 13.3. The van der Waals surface area contributed by atoms with Gasteiger partial charge in [0.2, 0.25) is 0 Å². The van der Waals surface area contributed by atoms with Crippen LogP contribution in [0.15, 0.2) is 48.3 Å². The van der Waals surface area contributed by atoms with E-state index in [0.29, 0.717) is 39.6 Å². The smallest absolute Gasteiger partial charge is 0.164 e. The van der Waals surface area contributed by atoms with E-state index >= 15 is 0 Å². The Hall–Kier alpha value is -2.70. The van der Waals surface area contributed by atoms with Gasteiger partial charge in [0.15, 0.2) is 11.5 Å². The molecule has 0 N–H and O–H groups in total. The van der Waals surface area contributed by atoms with Gasteiger partial charge in [0.05, 0.1) is 13.2 Å². The fourth-order valence-corrected chi connectivity index (χ4v) is 12.5. The molecule has 0 radical (unpaired) electrons. The van der Waals surface area contributed by atoms with E-state index in [1.165, 1.54) is 98.9 Å². The SMILES string of the molecule is C1=C(COCCOc2cc(C34CC5CC(CC(C5)C3)C4)c3c(OCCOCC4=CO4)cccc3c2C23CC4CC(CC(C4)C2)C3)O1. The Bertz CT molecular complexity index is 1520. The molecule has 2 aromatic rings. The van der Waals surface area contributed by atoms with E-state index in [2.05, 4.69) is 24.3 Å². The molecule has 2 aromatic carbocycles. The van der Waals surface area contributed by atoms with Crippen LogP contribution in [-0.4, -0.2) is 39.6 Å². The van der Waals surface area contributed by atoms with Crippen LogP contribution in [0.3, 0.4) is 0 Å². The van der Waals surface area contributed by atoms with Crippen molar-refractivity contribution in [3.8, 4) is 11.5 Å². The van der Waals surface area contributed by atoms with Crippen LogP contribution in [0, 0.1) is 35.5 Å². The van der Waals surface area contributed by atoms with Gasteiger partial charge in [-0.25, -0.2) is 0 Å². The summed E-state index contributed by atoms with van der Waals surface area (Å²) >= 11 is 0. The molecule has 6 nitrogen and oxygen atoms in total. The van der Waals surface area contributed by atoms with Crippen molar-refractivity contribution in [1.82, 2.24) is 0 Å². The maximum atomic E-state index is 6.96. The van der Waals surface area contributed by atoms with Crippen molar-refractivity contribution in [3.63, 3.8) is 0 Å². The normalized spacial score (nSPS) is 37.1. The van der Waals surface area contributed by atoms with E-state index in [9.17, 15) is 0 Å². The predicted octanol–water partition coefficient (Wildman–Crippen LogP) is 8.31. The molecule has 0 unspecified atom stereocenters. The van der Waals surface area contributed by atoms with Crippen molar-refractivity contribution >= 4 is 10.8 Å². The van der Waals surface area contributed by atoms with Crippen LogP contribution >= 0.6 is 0 Å². The average Bonchev–Trinajstić information content (AvgIpc) is 3.95. The van der Waals surface area contributed by atoms with Gasteiger partial charge >= 0.3 is 0 Å². The summed E-state index contributed by atoms with van der Waals surface area (Å²) in [6.45, 7) is 3.28. The van der Waals surface area contributed by atoms with Crippen LogP contribution in [0.5, 0.6) is 11.5 Å². The number of fused-ring (bicyclic) bond motifs is 1. The molecule has 10 aliphatic rings. The summed E-state index contributed by atoms with van der Waals surface area (Å²) in [5.74, 6) is 9.18. The Morgan fingerprint density at radius 1 is 0.587 bits per heavy atom. The zero-order valence-electron chi connectivity index (χ0n) is 27.1. The Morgan fingerprint density at radius 3 is 1.57 bits per heavy atom. The minimum atomic E-state index is 0.190. The van der Waals surface area contributed by atoms with Crippen LogP contribution in [0.25, 0.3) is 10.8 Å². The van der Waals surface area contributed by atoms with Gasteiger partial charge in [-0.15, -0.1) is 0 Å². The Kier molecular flexibility index (Phi) is 6.72. The van der Waals surface area contributed by atoms with E-state index in [0.717, 1.165) is 58.5 Å². The van der Waals surface area contributed by atoms with Crippen molar-refractivity contribution in [3.05, 3.63) is 59.4 Å². The van der Waals surface area contributed by atoms with Gasteiger partial charge in [0.25, 0.3) is 0 Å². The zero-order chi connectivity index (χ0) is 30.3. The molecule has 8 saturated carbocycles. The lowest BCUT2D eigenvalue weighted by atomic mass is 9.46. The summed E-state index contributed by atoms with van der Waals surface area (Å²) in [7, 11) is 0. The highest BCUT2D eigenvalue weighted by atomic mass is 16.6. The van der Waals surface area contributed by atoms with Crippen molar-refractivity contribution in [2.24, 2.45) is 35.5 Å². The quantitative estimate of drug-likeness (QED) is 0.197. The molecule has 0 spiro atoms. The van der Waals surface area contributed by atoms with Gasteiger partial charge in [0.1, 0.15) is 50.5 Å². The predicted molar refractivity (Wildman–Crippen MR) is 175 cm³/mol. The zero-order valence-corrected chi connectivity index (χ0v) is 27.1. The summed E-state index contributed by atoms with van der Waals surface area (Å²) in [6, 6.07) is 9.44. The van der Waals surface area contributed by atoms with Gasteiger partial charge in [-0.05, 0) is 141 Å². The molecule has 8 aliphatic carbocycles. The summed E-state index contributed by atoms with van der Waals surface area (Å²) in [4.78, 5) is 0. The highest BCUT2D eigenvalue weighted by Gasteiger charge is 2.55. The van der Waals surface area contributed by atoms with Gasteiger partial charge in [-0.1, -0.05) is 12.1 Å². The highest BCUT2D eigenvalue weighted by Crippen LogP contribution is 2.66. The number of rotatable bonds is 14. The lowest BCUT2D eigenvalue weighted by Gasteiger charge is -2.58. The summed E-state index contributed by atoms with van der Waals surface area (Å²) < 4.78 is 35.8. The van der Waals surface area contributed by atoms with Crippen LogP contribution in [0.4, 0.5) is 0 Å². The second kappa shape index (κ2) is 10.9. The van der Waals surface area contributed by atoms with Gasteiger partial charge in [0, 0.05) is 16.4 Å². The van der Waals surface area contributed by atoms with Gasteiger partial charge in [-0.3, -0.25) is 0 Å². The van der Waals surface area contributed by atoms with E-state index in [-0.39, 0.29) is 10.8 Å². The third kappa shape index (κ3) is 5.05. The maximum absolute atomic E-state index is 6.96. The van der Waals surface area contributed by atoms with Crippen molar-refractivity contribution in [2.75, 3.05) is 39.6 Å². The first-order valence-electron chi connectivity index (χ1n) is 18.3. The molecule has 0 amide bonds. The number of hydrogen-bond donors (Lipinski definition) is 0. The molecule has 8 bridgehead atoms. The van der Waals surface area contributed by atoms with Crippen molar-refractivity contribution in [2.45, 2.75) is 87.9 Å². The van der Waals surface area contributed by atoms with Gasteiger partial charge < -0.3 is 28.4 Å². The minimum absolute atomic E-state index is 0.190. The Balaban J connectivity index is 1.08. The average molecular weight is 625 g/mol. The standard InChI is InChI=1S/C40H48O6/c1-2-33-37(35(3-1)43-6-4-41-21-31-23-45-31)34(39-15-25-8-26(16-39)10-27(9-25)17-39)14-36(44-7-5-42-22-32-24-46-32)38(33)40-18-28-11-29(19-40)13-30(12-28)20-40/h1-3,14,23-30H,4-13,15-22H2. The fourth-order valence-electron chi connectivity index (χ4n) is 12.5. The highest BCUT2D eigenvalue weighted by molar-refractivity contribution is 5.97. The fraction of sp³-hybridized carbons (Fsp3) is 0.650. The molecule has 0 saturated heterocycles. The Labute approximate surface area is 272 Å². The van der Waals surface area contributed by atoms with Crippen LogP contribution < -0.4 is 9.47 Å². The molecule has 46 heavy (non-hydrogen) atoms. The molecule has 0 aromatic heterocycles. The molecule has 12 rings (SSSR count). The second-order valence-corrected chi connectivity index (χ2v) is 16.6. The van der Waals surface area contributed by atoms with E-state index < -0.39 is 0 Å². The molecule has 244 valence electrons. The van der Waals surface area contributed by atoms with Crippen molar-refractivity contribution < 1.29 is 28.4 Å². The van der Waals surface area contributed by atoms with Crippen LogP contribution in [-0.2, 0) is 29.8 Å². The first kappa shape index (κ1) is 28.3. The molecule has 2 heterocycles. The molecule has 6 heteroatoms. The van der Waals surface area contributed by atoms with Crippen molar-refractivity contribution in [1.29, 1.82) is 0 Å². The van der Waals surface area contributed by atoms with Crippen LogP contribution in [0.1, 0.15) is 88.2 Å². The van der Waals surface area contributed by atoms with E-state index in [1.54, 1.807) is 12.5 Å². The Morgan fingerprint density at radius 2 is 1.07 bits per heavy atom. The molecule has 0 atom stereocenters. The van der Waals surface area contributed by atoms with E-state index in [4.69, 9.17) is 28.4 Å². The topological polar surface area (TPSA) is 62.0 Å². The number of ether oxygens (including phenoxy) is 6. The minimum Gasteiger partial charge on any atom is -0.491 e. The summed E-state index contributed by atoms with van der Waals surface area (Å²) in [5.41, 5.74) is 3.40. The van der Waals surface area contributed by atoms with E-state index in [1.807, 2.05) is 0 Å². The monoisotopic (exact) mass is 624 g/mol. The second-order valence-electron chi connectivity index (χ2n) is 16.6. The molecule has 8 fully saturated rings. The third-order valence-electron chi connectivity index (χ3n) is 13.3. The molecule has 2 aliphatic heterocycles.